The molecule has 4 heteroatoms. The number of nitrogens with one attached hydrogen (secondary N) is 1. The number of carbonyl (C=O) groups is 1. The summed E-state index contributed by atoms with van der Waals surface area (Å²) in [7, 11) is 1.74. The maximum atomic E-state index is 11.6. The van der Waals surface area contributed by atoms with Crippen molar-refractivity contribution in [3.63, 3.8) is 0 Å². The van der Waals surface area contributed by atoms with Gasteiger partial charge in [-0.05, 0) is 19.3 Å². The molecule has 1 aliphatic rings. The molecule has 16 heavy (non-hydrogen) atoms. The van der Waals surface area contributed by atoms with Crippen molar-refractivity contribution in [2.45, 2.75) is 51.7 Å². The van der Waals surface area contributed by atoms with Gasteiger partial charge in [0.15, 0.2) is 0 Å². The van der Waals surface area contributed by atoms with Crippen LogP contribution >= 0.6 is 15.9 Å². The lowest BCUT2D eigenvalue weighted by molar-refractivity contribution is -0.132. The number of alkyl halides is 1. The molecule has 0 radical (unpaired) electrons. The summed E-state index contributed by atoms with van der Waals surface area (Å²) in [6, 6.07) is 0.272. The van der Waals surface area contributed by atoms with Gasteiger partial charge in [-0.25, -0.2) is 0 Å². The molecule has 0 aromatic heterocycles. The average Bonchev–Trinajstić information content (AvgIpc) is 2.24. The van der Waals surface area contributed by atoms with E-state index in [1.807, 2.05) is 0 Å². The molecule has 0 heterocycles. The lowest BCUT2D eigenvalue weighted by atomic mass is 9.64. The molecule has 94 valence electrons. The number of unbranched alkanes of at least 4 members (excludes halogenated alkanes) is 1. The SMILES string of the molecule is COC1CC(NC(=O)CCCCBr)C1(C)C. The first-order valence-corrected chi connectivity index (χ1v) is 7.02. The van der Waals surface area contributed by atoms with Crippen LogP contribution in [0.4, 0.5) is 0 Å². The summed E-state index contributed by atoms with van der Waals surface area (Å²) < 4.78 is 5.35. The lowest BCUT2D eigenvalue weighted by Gasteiger charge is -2.51. The zero-order valence-corrected chi connectivity index (χ0v) is 12.0. The van der Waals surface area contributed by atoms with Crippen molar-refractivity contribution >= 4 is 21.8 Å². The van der Waals surface area contributed by atoms with Gasteiger partial charge in [0.2, 0.25) is 5.91 Å². The Morgan fingerprint density at radius 2 is 2.19 bits per heavy atom. The highest BCUT2D eigenvalue weighted by molar-refractivity contribution is 9.09. The van der Waals surface area contributed by atoms with Gasteiger partial charge in [-0.2, -0.15) is 0 Å². The quantitative estimate of drug-likeness (QED) is 0.603. The fourth-order valence-corrected chi connectivity index (χ4v) is 2.57. The molecule has 1 N–H and O–H groups in total. The minimum absolute atomic E-state index is 0.0693. The second-order valence-electron chi connectivity index (χ2n) is 5.05. The van der Waals surface area contributed by atoms with E-state index in [1.54, 1.807) is 7.11 Å². The van der Waals surface area contributed by atoms with Gasteiger partial charge in [-0.1, -0.05) is 29.8 Å². The summed E-state index contributed by atoms with van der Waals surface area (Å²) in [6.07, 6.45) is 3.87. The van der Waals surface area contributed by atoms with Gasteiger partial charge in [0.1, 0.15) is 0 Å². The summed E-state index contributed by atoms with van der Waals surface area (Å²) in [6.45, 7) is 4.29. The van der Waals surface area contributed by atoms with E-state index in [0.29, 0.717) is 6.42 Å². The molecule has 1 amide bonds. The molecule has 0 spiro atoms. The Kier molecular flexibility index (Phi) is 5.25. The van der Waals surface area contributed by atoms with Crippen molar-refractivity contribution < 1.29 is 9.53 Å². The molecule has 2 atom stereocenters. The van der Waals surface area contributed by atoms with E-state index < -0.39 is 0 Å². The zero-order valence-electron chi connectivity index (χ0n) is 10.4. The predicted octanol–water partition coefficient (Wildman–Crippen LogP) is 2.48. The van der Waals surface area contributed by atoms with Crippen LogP contribution in [0.3, 0.4) is 0 Å². The monoisotopic (exact) mass is 291 g/mol. The highest BCUT2D eigenvalue weighted by Gasteiger charge is 2.49. The maximum Gasteiger partial charge on any atom is 0.220 e. The molecule has 1 saturated carbocycles. The van der Waals surface area contributed by atoms with Crippen LogP contribution in [0.1, 0.15) is 39.5 Å². The van der Waals surface area contributed by atoms with Gasteiger partial charge in [-0.3, -0.25) is 4.79 Å². The van der Waals surface area contributed by atoms with E-state index >= 15 is 0 Å². The summed E-state index contributed by atoms with van der Waals surface area (Å²) in [5.74, 6) is 0.175. The van der Waals surface area contributed by atoms with Crippen LogP contribution in [0.15, 0.2) is 0 Å². The smallest absolute Gasteiger partial charge is 0.220 e. The highest BCUT2D eigenvalue weighted by Crippen LogP contribution is 2.42. The Bertz CT molecular complexity index is 243. The minimum Gasteiger partial charge on any atom is -0.381 e. The van der Waals surface area contributed by atoms with Crippen molar-refractivity contribution in [2.75, 3.05) is 12.4 Å². The molecule has 1 fully saturated rings. The van der Waals surface area contributed by atoms with Crippen molar-refractivity contribution in [1.82, 2.24) is 5.32 Å². The molecule has 0 aliphatic heterocycles. The number of rotatable bonds is 6. The third kappa shape index (κ3) is 3.20. The van der Waals surface area contributed by atoms with E-state index in [4.69, 9.17) is 4.74 Å². The molecular formula is C12H22BrNO2. The standard InChI is InChI=1S/C12H22BrNO2/c1-12(2)9(8-10(12)16-3)14-11(15)6-4-5-7-13/h9-10H,4-8H2,1-3H3,(H,14,15). The van der Waals surface area contributed by atoms with E-state index in [0.717, 1.165) is 24.6 Å². The summed E-state index contributed by atoms with van der Waals surface area (Å²) >= 11 is 3.36. The number of carbonyl (C=O) groups excluding carboxylic acids is 1. The number of halogens is 1. The number of ether oxygens (including phenoxy) is 1. The fraction of sp³-hybridized carbons (Fsp3) is 0.917. The van der Waals surface area contributed by atoms with Crippen molar-refractivity contribution in [3.8, 4) is 0 Å². The molecule has 3 nitrogen and oxygen atoms in total. The van der Waals surface area contributed by atoms with Crippen molar-refractivity contribution in [2.24, 2.45) is 5.41 Å². The third-order valence-corrected chi connectivity index (χ3v) is 4.15. The van der Waals surface area contributed by atoms with Gasteiger partial charge >= 0.3 is 0 Å². The summed E-state index contributed by atoms with van der Waals surface area (Å²) in [5.41, 5.74) is 0.0693. The van der Waals surface area contributed by atoms with Crippen LogP contribution in [0.25, 0.3) is 0 Å². The molecule has 2 unspecified atom stereocenters. The number of amides is 1. The molecular weight excluding hydrogens is 270 g/mol. The molecule has 0 aromatic carbocycles. The van der Waals surface area contributed by atoms with E-state index in [-0.39, 0.29) is 23.5 Å². The highest BCUT2D eigenvalue weighted by atomic mass is 79.9. The first-order chi connectivity index (χ1) is 7.52. The van der Waals surface area contributed by atoms with Crippen LogP contribution in [-0.2, 0) is 9.53 Å². The largest absolute Gasteiger partial charge is 0.381 e. The first-order valence-electron chi connectivity index (χ1n) is 5.90. The van der Waals surface area contributed by atoms with Gasteiger partial charge in [0.25, 0.3) is 0 Å². The lowest BCUT2D eigenvalue weighted by Crippen LogP contribution is -2.61. The minimum atomic E-state index is 0.0693. The molecule has 1 rings (SSSR count). The van der Waals surface area contributed by atoms with Gasteiger partial charge in [0.05, 0.1) is 6.10 Å². The predicted molar refractivity (Wildman–Crippen MR) is 68.8 cm³/mol. The van der Waals surface area contributed by atoms with Crippen molar-refractivity contribution in [3.05, 3.63) is 0 Å². The number of hydrogen-bond donors (Lipinski definition) is 1. The van der Waals surface area contributed by atoms with E-state index in [2.05, 4.69) is 35.1 Å². The second kappa shape index (κ2) is 6.01. The third-order valence-electron chi connectivity index (χ3n) is 3.58. The molecule has 1 aliphatic carbocycles. The normalized spacial score (nSPS) is 27.2. The van der Waals surface area contributed by atoms with E-state index in [9.17, 15) is 4.79 Å². The number of hydrogen-bond acceptors (Lipinski definition) is 2. The second-order valence-corrected chi connectivity index (χ2v) is 5.84. The number of methoxy groups -OCH3 is 1. The van der Waals surface area contributed by atoms with Crippen molar-refractivity contribution in [1.29, 1.82) is 0 Å². The van der Waals surface area contributed by atoms with Crippen LogP contribution in [0.5, 0.6) is 0 Å². The molecule has 0 aromatic rings. The molecule has 0 bridgehead atoms. The summed E-state index contributed by atoms with van der Waals surface area (Å²) in [5, 5.41) is 4.07. The van der Waals surface area contributed by atoms with Gasteiger partial charge < -0.3 is 10.1 Å². The van der Waals surface area contributed by atoms with Crippen LogP contribution < -0.4 is 5.32 Å². The Labute approximate surface area is 106 Å². The fourth-order valence-electron chi connectivity index (χ4n) is 2.18. The maximum absolute atomic E-state index is 11.6. The molecule has 0 saturated heterocycles. The van der Waals surface area contributed by atoms with Gasteiger partial charge in [-0.15, -0.1) is 0 Å². The average molecular weight is 292 g/mol. The Balaban J connectivity index is 2.26. The Morgan fingerprint density at radius 3 is 2.69 bits per heavy atom. The van der Waals surface area contributed by atoms with Crippen LogP contribution in [0, 0.1) is 5.41 Å². The zero-order chi connectivity index (χ0) is 12.2. The van der Waals surface area contributed by atoms with Crippen LogP contribution in [0.2, 0.25) is 0 Å². The Morgan fingerprint density at radius 1 is 1.50 bits per heavy atom. The summed E-state index contributed by atoms with van der Waals surface area (Å²) in [4.78, 5) is 11.6. The topological polar surface area (TPSA) is 38.3 Å². The van der Waals surface area contributed by atoms with Crippen LogP contribution in [-0.4, -0.2) is 30.5 Å². The van der Waals surface area contributed by atoms with E-state index in [1.165, 1.54) is 0 Å². The Hall–Kier alpha value is -0.0900. The van der Waals surface area contributed by atoms with Gasteiger partial charge in [0, 0.05) is 30.3 Å². The first kappa shape index (κ1) is 14.0.